The van der Waals surface area contributed by atoms with Crippen LogP contribution < -0.4 is 11.2 Å². The second kappa shape index (κ2) is 7.02. The predicted octanol–water partition coefficient (Wildman–Crippen LogP) is 1.02. The molecule has 0 saturated carbocycles. The van der Waals surface area contributed by atoms with E-state index < -0.39 is 22.1 Å². The highest BCUT2D eigenvalue weighted by molar-refractivity contribution is 8.03. The zero-order valence-electron chi connectivity index (χ0n) is 13.0. The van der Waals surface area contributed by atoms with Crippen LogP contribution in [0.5, 0.6) is 5.88 Å². The fraction of sp³-hybridized carbons (Fsp3) is 0.143. The molecule has 2 rings (SSSR count). The molecule has 25 heavy (non-hydrogen) atoms. The summed E-state index contributed by atoms with van der Waals surface area (Å²) in [5, 5.41) is 31.4. The number of benzene rings is 1. The SMILES string of the molecule is Cn1c(O)c(C=Nc2ccc(SC#N)c([N+](=O)[O-])c2)c(=O)n(C)c1=O. The molecule has 0 spiro atoms. The molecule has 0 aliphatic carbocycles. The number of hydrogen-bond donors (Lipinski definition) is 1. The van der Waals surface area contributed by atoms with Gasteiger partial charge in [-0.1, -0.05) is 0 Å². The van der Waals surface area contributed by atoms with Gasteiger partial charge in [-0.2, -0.15) is 5.26 Å². The van der Waals surface area contributed by atoms with Gasteiger partial charge in [-0.3, -0.25) is 29.0 Å². The Bertz CT molecular complexity index is 1050. The average molecular weight is 361 g/mol. The molecule has 1 heterocycles. The zero-order chi connectivity index (χ0) is 18.7. The van der Waals surface area contributed by atoms with E-state index in [0.29, 0.717) is 11.8 Å². The van der Waals surface area contributed by atoms with Crippen molar-refractivity contribution in [2.45, 2.75) is 4.90 Å². The number of nitro benzene ring substituents is 1. The number of aromatic hydroxyl groups is 1. The fourth-order valence-electron chi connectivity index (χ4n) is 1.98. The van der Waals surface area contributed by atoms with Crippen molar-refractivity contribution in [1.29, 1.82) is 5.26 Å². The lowest BCUT2D eigenvalue weighted by Crippen LogP contribution is -2.38. The number of nitrogens with zero attached hydrogens (tertiary/aromatic N) is 5. The number of nitriles is 1. The first-order chi connectivity index (χ1) is 11.8. The van der Waals surface area contributed by atoms with E-state index in [2.05, 4.69) is 4.99 Å². The van der Waals surface area contributed by atoms with Crippen molar-refractivity contribution in [3.05, 3.63) is 54.7 Å². The summed E-state index contributed by atoms with van der Waals surface area (Å²) in [5.41, 5.74) is -1.85. The minimum atomic E-state index is -0.754. The van der Waals surface area contributed by atoms with Crippen LogP contribution in [0.15, 0.2) is 37.7 Å². The van der Waals surface area contributed by atoms with Gasteiger partial charge in [0.25, 0.3) is 11.2 Å². The number of thiocyanates is 1. The molecule has 0 fully saturated rings. The third-order valence-electron chi connectivity index (χ3n) is 3.31. The van der Waals surface area contributed by atoms with Crippen LogP contribution in [0.3, 0.4) is 0 Å². The number of thioether (sulfide) groups is 1. The monoisotopic (exact) mass is 361 g/mol. The van der Waals surface area contributed by atoms with Crippen molar-refractivity contribution in [1.82, 2.24) is 9.13 Å². The van der Waals surface area contributed by atoms with Crippen LogP contribution in [-0.2, 0) is 14.1 Å². The lowest BCUT2D eigenvalue weighted by Gasteiger charge is -2.07. The number of hydrogen-bond acceptors (Lipinski definition) is 8. The summed E-state index contributed by atoms with van der Waals surface area (Å²) in [6.45, 7) is 0. The van der Waals surface area contributed by atoms with Crippen LogP contribution in [0.1, 0.15) is 5.56 Å². The van der Waals surface area contributed by atoms with Crippen LogP contribution in [0.4, 0.5) is 11.4 Å². The number of aliphatic imine (C=N–C) groups is 1. The average Bonchev–Trinajstić information content (AvgIpc) is 2.59. The second-order valence-corrected chi connectivity index (χ2v) is 5.63. The van der Waals surface area contributed by atoms with E-state index in [1.165, 1.54) is 26.2 Å². The normalized spacial score (nSPS) is 10.8. The van der Waals surface area contributed by atoms with Crippen molar-refractivity contribution < 1.29 is 10.0 Å². The quantitative estimate of drug-likeness (QED) is 0.281. The fourth-order valence-corrected chi connectivity index (χ4v) is 2.45. The minimum Gasteiger partial charge on any atom is -0.494 e. The first kappa shape index (κ1) is 18.0. The maximum Gasteiger partial charge on any atom is 0.333 e. The maximum absolute atomic E-state index is 12.0. The minimum absolute atomic E-state index is 0.143. The molecule has 0 aliphatic heterocycles. The topological polar surface area (TPSA) is 144 Å². The Labute approximate surface area is 144 Å². The Hall–Kier alpha value is -3.39. The zero-order valence-corrected chi connectivity index (χ0v) is 13.9. The summed E-state index contributed by atoms with van der Waals surface area (Å²) in [6.07, 6.45) is 1.02. The van der Waals surface area contributed by atoms with Gasteiger partial charge in [0, 0.05) is 26.4 Å². The molecule has 1 N–H and O–H groups in total. The van der Waals surface area contributed by atoms with E-state index in [1.807, 2.05) is 0 Å². The molecule has 0 amide bonds. The second-order valence-electron chi connectivity index (χ2n) is 4.80. The Morgan fingerprint density at radius 1 is 1.36 bits per heavy atom. The van der Waals surface area contributed by atoms with Crippen LogP contribution in [0.2, 0.25) is 0 Å². The van der Waals surface area contributed by atoms with Gasteiger partial charge in [-0.25, -0.2) is 4.79 Å². The van der Waals surface area contributed by atoms with Gasteiger partial charge in [0.2, 0.25) is 5.88 Å². The van der Waals surface area contributed by atoms with E-state index in [9.17, 15) is 24.8 Å². The van der Waals surface area contributed by atoms with Crippen LogP contribution in [-0.4, -0.2) is 25.4 Å². The molecular formula is C14H11N5O5S. The van der Waals surface area contributed by atoms with Gasteiger partial charge < -0.3 is 5.11 Å². The molecular weight excluding hydrogens is 350 g/mol. The molecule has 0 saturated heterocycles. The summed E-state index contributed by atoms with van der Waals surface area (Å²) < 4.78 is 1.67. The molecule has 1 aromatic heterocycles. The molecule has 2 aromatic rings. The molecule has 0 aliphatic rings. The van der Waals surface area contributed by atoms with Crippen LogP contribution in [0.25, 0.3) is 0 Å². The van der Waals surface area contributed by atoms with Crippen LogP contribution >= 0.6 is 11.8 Å². The van der Waals surface area contributed by atoms with Crippen molar-refractivity contribution in [2.75, 3.05) is 0 Å². The van der Waals surface area contributed by atoms with E-state index in [4.69, 9.17) is 5.26 Å². The lowest BCUT2D eigenvalue weighted by atomic mass is 10.2. The van der Waals surface area contributed by atoms with Crippen LogP contribution in [0, 0.1) is 20.8 Å². The standard InChI is InChI=1S/C14H11N5O5S/c1-17-12(20)9(13(21)18(2)14(17)22)6-16-8-3-4-11(25-7-15)10(5-8)19(23)24/h3-6,20H,1-2H3. The van der Waals surface area contributed by atoms with Gasteiger partial charge in [0.15, 0.2) is 0 Å². The molecule has 0 radical (unpaired) electrons. The van der Waals surface area contributed by atoms with Gasteiger partial charge in [-0.15, -0.1) is 0 Å². The number of nitro groups is 1. The third kappa shape index (κ3) is 3.43. The molecule has 0 atom stereocenters. The van der Waals surface area contributed by atoms with Gasteiger partial charge >= 0.3 is 5.69 Å². The van der Waals surface area contributed by atoms with E-state index >= 15 is 0 Å². The predicted molar refractivity (Wildman–Crippen MR) is 90.4 cm³/mol. The Morgan fingerprint density at radius 2 is 2.04 bits per heavy atom. The van der Waals surface area contributed by atoms with E-state index in [0.717, 1.165) is 21.4 Å². The summed E-state index contributed by atoms with van der Waals surface area (Å²) in [5.74, 6) is -0.567. The smallest absolute Gasteiger partial charge is 0.333 e. The lowest BCUT2D eigenvalue weighted by molar-refractivity contribution is -0.387. The van der Waals surface area contributed by atoms with Crippen molar-refractivity contribution >= 4 is 29.4 Å². The molecule has 0 bridgehead atoms. The maximum atomic E-state index is 12.0. The summed E-state index contributed by atoms with van der Waals surface area (Å²) >= 11 is 0.644. The van der Waals surface area contributed by atoms with Gasteiger partial charge in [0.1, 0.15) is 15.9 Å². The first-order valence-corrected chi connectivity index (χ1v) is 7.47. The van der Waals surface area contributed by atoms with E-state index in [1.54, 1.807) is 5.40 Å². The summed E-state index contributed by atoms with van der Waals surface area (Å²) in [4.78, 5) is 38.2. The Kier molecular flexibility index (Phi) is 5.04. The summed E-state index contributed by atoms with van der Waals surface area (Å²) in [6, 6.07) is 3.92. The highest BCUT2D eigenvalue weighted by atomic mass is 32.2. The van der Waals surface area contributed by atoms with E-state index in [-0.39, 0.29) is 21.8 Å². The first-order valence-electron chi connectivity index (χ1n) is 6.65. The molecule has 1 aromatic carbocycles. The Morgan fingerprint density at radius 3 is 2.64 bits per heavy atom. The molecule has 128 valence electrons. The van der Waals surface area contributed by atoms with Crippen molar-refractivity contribution in [3.63, 3.8) is 0 Å². The van der Waals surface area contributed by atoms with Gasteiger partial charge in [0.05, 0.1) is 10.6 Å². The third-order valence-corrected chi connectivity index (χ3v) is 3.96. The van der Waals surface area contributed by atoms with Crippen molar-refractivity contribution in [3.8, 4) is 11.3 Å². The Balaban J connectivity index is 2.53. The molecule has 0 unspecified atom stereocenters. The highest BCUT2D eigenvalue weighted by Crippen LogP contribution is 2.32. The molecule has 11 heteroatoms. The number of rotatable bonds is 4. The largest absolute Gasteiger partial charge is 0.494 e. The summed E-state index contributed by atoms with van der Waals surface area (Å²) in [7, 11) is 2.54. The van der Waals surface area contributed by atoms with Crippen molar-refractivity contribution in [2.24, 2.45) is 19.1 Å². The highest BCUT2D eigenvalue weighted by Gasteiger charge is 2.16. The van der Waals surface area contributed by atoms with Gasteiger partial charge in [-0.05, 0) is 23.9 Å². The molecule has 10 nitrogen and oxygen atoms in total. The number of aromatic nitrogens is 2.